The van der Waals surface area contributed by atoms with E-state index in [1.165, 1.54) is 32.8 Å². The molecule has 0 heterocycles. The van der Waals surface area contributed by atoms with Crippen LogP contribution in [0.5, 0.6) is 5.75 Å². The summed E-state index contributed by atoms with van der Waals surface area (Å²) in [6, 6.07) is 5.84. The number of halogens is 1. The first-order valence-corrected chi connectivity index (χ1v) is 6.75. The molecule has 0 saturated heterocycles. The van der Waals surface area contributed by atoms with E-state index in [9.17, 15) is 4.39 Å². The topological polar surface area (TPSA) is 21.3 Å². The molecule has 1 aromatic carbocycles. The molecular formula is C15H22FNO. The summed E-state index contributed by atoms with van der Waals surface area (Å²) in [6.45, 7) is 2.89. The molecule has 1 aliphatic carbocycles. The molecule has 0 amide bonds. The molecule has 1 aliphatic rings. The van der Waals surface area contributed by atoms with Gasteiger partial charge in [0.05, 0.1) is 7.11 Å². The minimum Gasteiger partial charge on any atom is -0.494 e. The van der Waals surface area contributed by atoms with Crippen LogP contribution in [0.3, 0.4) is 0 Å². The first kappa shape index (κ1) is 13.3. The fourth-order valence-corrected chi connectivity index (χ4v) is 2.57. The van der Waals surface area contributed by atoms with Gasteiger partial charge < -0.3 is 10.1 Å². The maximum absolute atomic E-state index is 13.9. The Hall–Kier alpha value is -1.09. The Morgan fingerprint density at radius 3 is 2.67 bits per heavy atom. The summed E-state index contributed by atoms with van der Waals surface area (Å²) >= 11 is 0. The zero-order valence-electron chi connectivity index (χ0n) is 11.2. The van der Waals surface area contributed by atoms with E-state index in [2.05, 4.69) is 12.2 Å². The third-order valence-corrected chi connectivity index (χ3v) is 3.86. The molecule has 18 heavy (non-hydrogen) atoms. The monoisotopic (exact) mass is 251 g/mol. The van der Waals surface area contributed by atoms with Crippen molar-refractivity contribution in [2.24, 2.45) is 5.92 Å². The van der Waals surface area contributed by atoms with Crippen molar-refractivity contribution in [2.45, 2.75) is 45.2 Å². The molecule has 1 saturated carbocycles. The van der Waals surface area contributed by atoms with Crippen LogP contribution in [-0.2, 0) is 6.54 Å². The Kier molecular flexibility index (Phi) is 4.59. The van der Waals surface area contributed by atoms with Gasteiger partial charge in [-0.15, -0.1) is 0 Å². The molecule has 0 spiro atoms. The molecule has 0 unspecified atom stereocenters. The van der Waals surface area contributed by atoms with E-state index in [4.69, 9.17) is 4.74 Å². The van der Waals surface area contributed by atoms with E-state index in [1.54, 1.807) is 6.07 Å². The lowest BCUT2D eigenvalue weighted by Gasteiger charge is -2.27. The lowest BCUT2D eigenvalue weighted by Crippen LogP contribution is -2.32. The molecule has 0 aliphatic heterocycles. The summed E-state index contributed by atoms with van der Waals surface area (Å²) in [4.78, 5) is 0. The van der Waals surface area contributed by atoms with Crippen molar-refractivity contribution in [3.05, 3.63) is 29.6 Å². The van der Waals surface area contributed by atoms with E-state index < -0.39 is 0 Å². The van der Waals surface area contributed by atoms with Gasteiger partial charge >= 0.3 is 0 Å². The Balaban J connectivity index is 1.90. The average molecular weight is 251 g/mol. The van der Waals surface area contributed by atoms with Crippen LogP contribution in [0.25, 0.3) is 0 Å². The third-order valence-electron chi connectivity index (χ3n) is 3.86. The first-order valence-electron chi connectivity index (χ1n) is 6.75. The highest BCUT2D eigenvalue weighted by Crippen LogP contribution is 2.24. The molecule has 1 aromatic rings. The van der Waals surface area contributed by atoms with Crippen molar-refractivity contribution in [3.63, 3.8) is 0 Å². The number of nitrogens with one attached hydrogen (secondary N) is 1. The minimum atomic E-state index is -0.239. The van der Waals surface area contributed by atoms with Crippen LogP contribution in [0.15, 0.2) is 18.2 Å². The second-order valence-corrected chi connectivity index (χ2v) is 5.27. The van der Waals surface area contributed by atoms with Gasteiger partial charge in [0.2, 0.25) is 0 Å². The zero-order chi connectivity index (χ0) is 13.0. The zero-order valence-corrected chi connectivity index (χ0v) is 11.2. The van der Waals surface area contributed by atoms with E-state index in [1.807, 2.05) is 12.1 Å². The Bertz CT molecular complexity index is 386. The molecular weight excluding hydrogens is 229 g/mol. The molecule has 1 fully saturated rings. The second kappa shape index (κ2) is 6.19. The number of hydrogen-bond donors (Lipinski definition) is 1. The fraction of sp³-hybridized carbons (Fsp3) is 0.600. The van der Waals surface area contributed by atoms with Gasteiger partial charge in [0.1, 0.15) is 0 Å². The van der Waals surface area contributed by atoms with Gasteiger partial charge in [-0.05, 0) is 37.7 Å². The smallest absolute Gasteiger partial charge is 0.169 e. The fourth-order valence-electron chi connectivity index (χ4n) is 2.57. The summed E-state index contributed by atoms with van der Waals surface area (Å²) in [7, 11) is 1.50. The highest BCUT2D eigenvalue weighted by atomic mass is 19.1. The summed E-state index contributed by atoms with van der Waals surface area (Å²) < 4.78 is 18.9. The molecule has 100 valence electrons. The van der Waals surface area contributed by atoms with Gasteiger partial charge in [-0.3, -0.25) is 0 Å². The van der Waals surface area contributed by atoms with Crippen molar-refractivity contribution >= 4 is 0 Å². The Morgan fingerprint density at radius 1 is 1.28 bits per heavy atom. The molecule has 0 aromatic heterocycles. The van der Waals surface area contributed by atoms with Crippen LogP contribution in [0.1, 0.15) is 38.2 Å². The number of methoxy groups -OCH3 is 1. The van der Waals surface area contributed by atoms with Gasteiger partial charge in [-0.2, -0.15) is 0 Å². The number of hydrogen-bond acceptors (Lipinski definition) is 2. The van der Waals surface area contributed by atoms with Gasteiger partial charge in [0.25, 0.3) is 0 Å². The highest BCUT2D eigenvalue weighted by Gasteiger charge is 2.18. The highest BCUT2D eigenvalue weighted by molar-refractivity contribution is 5.30. The normalized spacial score (nSPS) is 23.9. The number of rotatable bonds is 4. The van der Waals surface area contributed by atoms with Crippen molar-refractivity contribution in [1.82, 2.24) is 5.32 Å². The summed E-state index contributed by atoms with van der Waals surface area (Å²) in [6.07, 6.45) is 4.95. The summed E-state index contributed by atoms with van der Waals surface area (Å²) in [5, 5.41) is 3.46. The minimum absolute atomic E-state index is 0.239. The standard InChI is InChI=1S/C15H22FNO/c1-11-6-8-13(9-7-11)17-10-12-4-3-5-14(18-2)15(12)16/h3-5,11,13,17H,6-10H2,1-2H3. The average Bonchev–Trinajstić information content (AvgIpc) is 2.39. The van der Waals surface area contributed by atoms with Crippen LogP contribution >= 0.6 is 0 Å². The predicted octanol–water partition coefficient (Wildman–Crippen LogP) is 3.50. The van der Waals surface area contributed by atoms with Crippen molar-refractivity contribution in [3.8, 4) is 5.75 Å². The largest absolute Gasteiger partial charge is 0.494 e. The Morgan fingerprint density at radius 2 is 2.00 bits per heavy atom. The predicted molar refractivity (Wildman–Crippen MR) is 71.2 cm³/mol. The quantitative estimate of drug-likeness (QED) is 0.884. The molecule has 0 atom stereocenters. The molecule has 0 bridgehead atoms. The number of benzene rings is 1. The molecule has 0 radical (unpaired) electrons. The van der Waals surface area contributed by atoms with E-state index in [0.717, 1.165) is 5.92 Å². The number of ether oxygens (including phenoxy) is 1. The molecule has 2 rings (SSSR count). The molecule has 2 nitrogen and oxygen atoms in total. The molecule has 1 N–H and O–H groups in total. The van der Waals surface area contributed by atoms with Crippen molar-refractivity contribution < 1.29 is 9.13 Å². The summed E-state index contributed by atoms with van der Waals surface area (Å²) in [5.74, 6) is 0.930. The second-order valence-electron chi connectivity index (χ2n) is 5.27. The van der Waals surface area contributed by atoms with Gasteiger partial charge in [-0.1, -0.05) is 19.1 Å². The van der Waals surface area contributed by atoms with E-state index in [-0.39, 0.29) is 5.82 Å². The van der Waals surface area contributed by atoms with Gasteiger partial charge in [0, 0.05) is 18.2 Å². The lowest BCUT2D eigenvalue weighted by molar-refractivity contribution is 0.305. The van der Waals surface area contributed by atoms with Gasteiger partial charge in [0.15, 0.2) is 11.6 Å². The molecule has 3 heteroatoms. The van der Waals surface area contributed by atoms with Crippen molar-refractivity contribution in [1.29, 1.82) is 0 Å². The van der Waals surface area contributed by atoms with Crippen LogP contribution in [0.4, 0.5) is 4.39 Å². The maximum atomic E-state index is 13.9. The van der Waals surface area contributed by atoms with E-state index >= 15 is 0 Å². The van der Waals surface area contributed by atoms with Crippen LogP contribution in [0, 0.1) is 11.7 Å². The van der Waals surface area contributed by atoms with Crippen molar-refractivity contribution in [2.75, 3.05) is 7.11 Å². The Labute approximate surface area is 109 Å². The van der Waals surface area contributed by atoms with Crippen LogP contribution < -0.4 is 10.1 Å². The maximum Gasteiger partial charge on any atom is 0.169 e. The van der Waals surface area contributed by atoms with Gasteiger partial charge in [-0.25, -0.2) is 4.39 Å². The van der Waals surface area contributed by atoms with Crippen LogP contribution in [0.2, 0.25) is 0 Å². The SMILES string of the molecule is COc1cccc(CNC2CCC(C)CC2)c1F. The third kappa shape index (κ3) is 3.22. The van der Waals surface area contributed by atoms with Crippen LogP contribution in [-0.4, -0.2) is 13.2 Å². The summed E-state index contributed by atoms with van der Waals surface area (Å²) in [5.41, 5.74) is 0.688. The lowest BCUT2D eigenvalue weighted by atomic mass is 9.87. The first-order chi connectivity index (χ1) is 8.70. The van der Waals surface area contributed by atoms with E-state index in [0.29, 0.717) is 23.9 Å².